The van der Waals surface area contributed by atoms with Crippen molar-refractivity contribution in [1.29, 1.82) is 0 Å². The molecule has 0 aliphatic carbocycles. The quantitative estimate of drug-likeness (QED) is 0.784. The second kappa shape index (κ2) is 4.80. The van der Waals surface area contributed by atoms with Crippen molar-refractivity contribution in [2.24, 2.45) is 4.99 Å². The Morgan fingerprint density at radius 1 is 1.69 bits per heavy atom. The van der Waals surface area contributed by atoms with E-state index in [1.807, 2.05) is 5.32 Å². The highest BCUT2D eigenvalue weighted by Crippen LogP contribution is 2.35. The van der Waals surface area contributed by atoms with Gasteiger partial charge in [-0.2, -0.15) is 13.2 Å². The predicted molar refractivity (Wildman–Crippen MR) is 55.1 cm³/mol. The Morgan fingerprint density at radius 3 is 2.75 bits per heavy atom. The van der Waals surface area contributed by atoms with E-state index in [2.05, 4.69) is 4.99 Å². The number of aliphatic hydroxyl groups is 1. The summed E-state index contributed by atoms with van der Waals surface area (Å²) >= 11 is 0.993. The van der Waals surface area contributed by atoms with Crippen molar-refractivity contribution in [2.75, 3.05) is 12.9 Å². The van der Waals surface area contributed by atoms with Crippen LogP contribution in [0.4, 0.5) is 13.2 Å². The number of halogens is 3. The number of nitrogens with zero attached hydrogens (tertiary/aromatic N) is 1. The van der Waals surface area contributed by atoms with E-state index in [1.54, 1.807) is 13.2 Å². The Morgan fingerprint density at radius 2 is 2.31 bits per heavy atom. The molecule has 0 saturated carbocycles. The molecule has 1 aliphatic rings. The first-order chi connectivity index (χ1) is 7.32. The van der Waals surface area contributed by atoms with Crippen molar-refractivity contribution in [3.63, 3.8) is 0 Å². The smallest absolute Gasteiger partial charge is 0.363 e. The number of rotatable bonds is 2. The number of alkyl halides is 3. The fourth-order valence-electron chi connectivity index (χ4n) is 1.27. The maximum Gasteiger partial charge on any atom is 0.436 e. The van der Waals surface area contributed by atoms with Crippen LogP contribution in [0, 0.1) is 0 Å². The number of ether oxygens (including phenoxy) is 1. The maximum atomic E-state index is 12.6. The lowest BCUT2D eigenvalue weighted by atomic mass is 10.1. The molecular weight excluding hydrogens is 245 g/mol. The first-order valence-electron chi connectivity index (χ1n) is 4.63. The molecule has 0 radical (unpaired) electrons. The zero-order valence-corrected chi connectivity index (χ0v) is 9.65. The van der Waals surface area contributed by atoms with Crippen LogP contribution >= 0.6 is 11.8 Å². The summed E-state index contributed by atoms with van der Waals surface area (Å²) in [5.74, 6) is 0. The molecule has 94 valence electrons. The van der Waals surface area contributed by atoms with Crippen LogP contribution in [0.15, 0.2) is 4.99 Å². The lowest BCUT2D eigenvalue weighted by Crippen LogP contribution is -2.62. The van der Waals surface area contributed by atoms with Gasteiger partial charge in [-0.25, -0.2) is 4.99 Å². The number of hydrogen-bond donors (Lipinski definition) is 2. The average Bonchev–Trinajstić information content (AvgIpc) is 2.15. The molecule has 0 amide bonds. The molecule has 0 bridgehead atoms. The Balaban J connectivity index is 2.89. The molecule has 16 heavy (non-hydrogen) atoms. The minimum Gasteiger partial charge on any atom is -0.363 e. The highest BCUT2D eigenvalue weighted by molar-refractivity contribution is 8.13. The van der Waals surface area contributed by atoms with Crippen LogP contribution < -0.4 is 5.32 Å². The van der Waals surface area contributed by atoms with E-state index < -0.39 is 24.6 Å². The van der Waals surface area contributed by atoms with E-state index in [-0.39, 0.29) is 11.8 Å². The Kier molecular flexibility index (Phi) is 4.08. The molecule has 1 rings (SSSR count). The Bertz CT molecular complexity index is 285. The molecule has 0 aromatic heterocycles. The SMILES string of the molecule is CCOC1CC(O)(C(F)(F)F)NC(SC)=N1. The second-order valence-electron chi connectivity index (χ2n) is 3.24. The number of thioether (sulfide) groups is 1. The summed E-state index contributed by atoms with van der Waals surface area (Å²) in [6.45, 7) is 1.90. The van der Waals surface area contributed by atoms with Gasteiger partial charge in [0.15, 0.2) is 11.4 Å². The van der Waals surface area contributed by atoms with Gasteiger partial charge in [-0.15, -0.1) is 0 Å². The van der Waals surface area contributed by atoms with Crippen LogP contribution in [0.25, 0.3) is 0 Å². The van der Waals surface area contributed by atoms with Crippen molar-refractivity contribution < 1.29 is 23.0 Å². The third-order valence-corrected chi connectivity index (χ3v) is 2.66. The number of hydrogen-bond acceptors (Lipinski definition) is 5. The molecule has 1 aliphatic heterocycles. The molecule has 2 N–H and O–H groups in total. The standard InChI is InChI=1S/C8H13F3N2O2S/c1-3-15-5-4-7(14,8(9,10)11)13-6(12-5)16-2/h5,14H,3-4H2,1-2H3,(H,12,13). The molecule has 0 saturated heterocycles. The van der Waals surface area contributed by atoms with E-state index in [9.17, 15) is 18.3 Å². The summed E-state index contributed by atoms with van der Waals surface area (Å²) in [5, 5.41) is 11.5. The molecule has 1 heterocycles. The van der Waals surface area contributed by atoms with E-state index in [4.69, 9.17) is 4.74 Å². The van der Waals surface area contributed by atoms with Crippen molar-refractivity contribution in [3.8, 4) is 0 Å². The highest BCUT2D eigenvalue weighted by atomic mass is 32.2. The molecule has 0 spiro atoms. The molecule has 0 aromatic carbocycles. The lowest BCUT2D eigenvalue weighted by molar-refractivity contribution is -0.277. The lowest BCUT2D eigenvalue weighted by Gasteiger charge is -2.37. The van der Waals surface area contributed by atoms with Gasteiger partial charge in [-0.05, 0) is 13.2 Å². The molecular formula is C8H13F3N2O2S. The van der Waals surface area contributed by atoms with Gasteiger partial charge in [0.05, 0.1) is 6.42 Å². The third kappa shape index (κ3) is 2.80. The van der Waals surface area contributed by atoms with E-state index in [0.29, 0.717) is 0 Å². The summed E-state index contributed by atoms with van der Waals surface area (Å²) in [6.07, 6.45) is -4.81. The van der Waals surface area contributed by atoms with Crippen molar-refractivity contribution in [1.82, 2.24) is 5.32 Å². The highest BCUT2D eigenvalue weighted by Gasteiger charge is 2.57. The van der Waals surface area contributed by atoms with Crippen LogP contribution in [0.1, 0.15) is 13.3 Å². The van der Waals surface area contributed by atoms with Crippen LogP contribution in [-0.4, -0.2) is 41.3 Å². The van der Waals surface area contributed by atoms with Gasteiger partial charge in [0.1, 0.15) is 0 Å². The largest absolute Gasteiger partial charge is 0.436 e. The van der Waals surface area contributed by atoms with Gasteiger partial charge in [0.25, 0.3) is 0 Å². The molecule has 2 atom stereocenters. The fourth-order valence-corrected chi connectivity index (χ4v) is 1.76. The summed E-state index contributed by atoms with van der Waals surface area (Å²) in [4.78, 5) is 3.89. The van der Waals surface area contributed by atoms with Crippen LogP contribution in [-0.2, 0) is 4.74 Å². The molecule has 4 nitrogen and oxygen atoms in total. The number of amidine groups is 1. The summed E-state index contributed by atoms with van der Waals surface area (Å²) in [5.41, 5.74) is -2.97. The first-order valence-corrected chi connectivity index (χ1v) is 5.85. The minimum atomic E-state index is -4.76. The fraction of sp³-hybridized carbons (Fsp3) is 0.875. The van der Waals surface area contributed by atoms with Crippen molar-refractivity contribution in [3.05, 3.63) is 0 Å². The second-order valence-corrected chi connectivity index (χ2v) is 4.03. The maximum absolute atomic E-state index is 12.6. The molecule has 2 unspecified atom stereocenters. The number of nitrogens with one attached hydrogen (secondary N) is 1. The van der Waals surface area contributed by atoms with Gasteiger partial charge in [0.2, 0.25) is 5.72 Å². The van der Waals surface area contributed by atoms with Gasteiger partial charge in [0, 0.05) is 6.61 Å². The first kappa shape index (κ1) is 13.6. The van der Waals surface area contributed by atoms with Crippen molar-refractivity contribution in [2.45, 2.75) is 31.5 Å². The predicted octanol–water partition coefficient (Wildman–Crippen LogP) is 1.31. The summed E-state index contributed by atoms with van der Waals surface area (Å²) in [6, 6.07) is 0. The third-order valence-electron chi connectivity index (χ3n) is 2.07. The van der Waals surface area contributed by atoms with Gasteiger partial charge in [-0.1, -0.05) is 11.8 Å². The van der Waals surface area contributed by atoms with E-state index in [1.165, 1.54) is 0 Å². The Hall–Kier alpha value is -0.470. The molecule has 8 heteroatoms. The van der Waals surface area contributed by atoms with Gasteiger partial charge < -0.3 is 15.2 Å². The monoisotopic (exact) mass is 258 g/mol. The van der Waals surface area contributed by atoms with E-state index in [0.717, 1.165) is 11.8 Å². The zero-order valence-electron chi connectivity index (χ0n) is 8.84. The summed E-state index contributed by atoms with van der Waals surface area (Å²) in [7, 11) is 0. The minimum absolute atomic E-state index is 0.0181. The topological polar surface area (TPSA) is 53.9 Å². The van der Waals surface area contributed by atoms with Gasteiger partial charge >= 0.3 is 6.18 Å². The van der Waals surface area contributed by atoms with Gasteiger partial charge in [-0.3, -0.25) is 0 Å². The normalized spacial score (nSPS) is 30.9. The zero-order chi connectivity index (χ0) is 12.4. The summed E-state index contributed by atoms with van der Waals surface area (Å²) < 4.78 is 42.9. The molecule has 0 aromatic rings. The van der Waals surface area contributed by atoms with E-state index >= 15 is 0 Å². The van der Waals surface area contributed by atoms with Crippen LogP contribution in [0.2, 0.25) is 0 Å². The Labute approximate surface area is 95.3 Å². The number of aliphatic imine (C=N–C) groups is 1. The van der Waals surface area contributed by atoms with Crippen molar-refractivity contribution >= 4 is 16.9 Å². The van der Waals surface area contributed by atoms with Crippen LogP contribution in [0.3, 0.4) is 0 Å². The van der Waals surface area contributed by atoms with Crippen LogP contribution in [0.5, 0.6) is 0 Å². The molecule has 0 fully saturated rings. The average molecular weight is 258 g/mol.